The fraction of sp³-hybridized carbons (Fsp3) is 0.929. The van der Waals surface area contributed by atoms with Crippen molar-refractivity contribution in [3.8, 4) is 0 Å². The van der Waals surface area contributed by atoms with E-state index in [-0.39, 0.29) is 24.7 Å². The molecule has 2 aliphatic heterocycles. The minimum atomic E-state index is -1.58. The van der Waals surface area contributed by atoms with Gasteiger partial charge < -0.3 is 20.4 Å². The molecular formula is C28H52N2O6. The molecule has 0 bridgehead atoms. The molecule has 0 spiro atoms. The van der Waals surface area contributed by atoms with Crippen LogP contribution in [-0.2, 0) is 9.59 Å². The summed E-state index contributed by atoms with van der Waals surface area (Å²) in [5, 5.41) is 43.9. The van der Waals surface area contributed by atoms with Gasteiger partial charge in [0.2, 0.25) is 0 Å². The lowest BCUT2D eigenvalue weighted by Crippen LogP contribution is -2.81. The number of aliphatic carboxylic acids is 2. The van der Waals surface area contributed by atoms with E-state index in [1.54, 1.807) is 23.6 Å². The third-order valence-electron chi connectivity index (χ3n) is 10.7. The van der Waals surface area contributed by atoms with E-state index in [1.807, 2.05) is 27.7 Å². The molecule has 36 heavy (non-hydrogen) atoms. The molecule has 210 valence electrons. The van der Waals surface area contributed by atoms with Crippen LogP contribution in [0, 0.1) is 22.7 Å². The summed E-state index contributed by atoms with van der Waals surface area (Å²) < 4.78 is 0. The maximum atomic E-state index is 13.5. The predicted molar refractivity (Wildman–Crippen MR) is 140 cm³/mol. The van der Waals surface area contributed by atoms with E-state index in [1.165, 1.54) is 0 Å². The van der Waals surface area contributed by atoms with Crippen LogP contribution in [0.4, 0.5) is 0 Å². The third kappa shape index (κ3) is 5.20. The van der Waals surface area contributed by atoms with Gasteiger partial charge in [0.15, 0.2) is 5.66 Å². The lowest BCUT2D eigenvalue weighted by molar-refractivity contribution is -0.323. The number of piperidine rings is 2. The Morgan fingerprint density at radius 3 is 1.53 bits per heavy atom. The van der Waals surface area contributed by atoms with Crippen LogP contribution in [0.3, 0.4) is 0 Å². The number of carboxylic acids is 2. The Morgan fingerprint density at radius 2 is 1.14 bits per heavy atom. The Bertz CT molecular complexity index is 749. The fourth-order valence-electron chi connectivity index (χ4n) is 6.45. The topological polar surface area (TPSA) is 122 Å². The van der Waals surface area contributed by atoms with Gasteiger partial charge in [-0.2, -0.15) is 0 Å². The molecule has 0 amide bonds. The number of rotatable bonds is 11. The molecule has 0 aromatic rings. The van der Waals surface area contributed by atoms with Gasteiger partial charge in [-0.15, -0.1) is 0 Å². The summed E-state index contributed by atoms with van der Waals surface area (Å²) >= 11 is 0. The molecule has 2 aliphatic rings. The maximum absolute atomic E-state index is 13.5. The molecular weight excluding hydrogens is 460 g/mol. The molecule has 0 saturated carbocycles. The summed E-state index contributed by atoms with van der Waals surface area (Å²) in [4.78, 5) is 27.8. The zero-order valence-electron chi connectivity index (χ0n) is 23.9. The van der Waals surface area contributed by atoms with Crippen molar-refractivity contribution in [1.82, 2.24) is 9.80 Å². The Kier molecular flexibility index (Phi) is 9.36. The van der Waals surface area contributed by atoms with Gasteiger partial charge in [-0.25, -0.2) is 14.6 Å². The van der Waals surface area contributed by atoms with Crippen LogP contribution in [0.1, 0.15) is 113 Å². The van der Waals surface area contributed by atoms with Crippen molar-refractivity contribution < 1.29 is 30.0 Å². The second-order valence-corrected chi connectivity index (χ2v) is 13.0. The van der Waals surface area contributed by atoms with Crippen molar-refractivity contribution in [2.24, 2.45) is 22.7 Å². The van der Waals surface area contributed by atoms with Crippen molar-refractivity contribution in [1.29, 1.82) is 0 Å². The van der Waals surface area contributed by atoms with Crippen molar-refractivity contribution in [2.45, 2.75) is 130 Å². The zero-order valence-corrected chi connectivity index (χ0v) is 23.9. The SMILES string of the molecule is CC1CCN(C(CCCCCCCC(=O)O)(C(=O)O)N2CCC(C)C(C)(C)C2(C)O)C(C)(O)C1(C)C. The average molecular weight is 513 g/mol. The van der Waals surface area contributed by atoms with Crippen LogP contribution < -0.4 is 0 Å². The quantitative estimate of drug-likeness (QED) is 0.293. The summed E-state index contributed by atoms with van der Waals surface area (Å²) in [5.74, 6) is -1.44. The first-order valence-electron chi connectivity index (χ1n) is 13.8. The fourth-order valence-corrected chi connectivity index (χ4v) is 6.45. The van der Waals surface area contributed by atoms with E-state index >= 15 is 0 Å². The Balaban J connectivity index is 2.49. The van der Waals surface area contributed by atoms with Crippen LogP contribution in [0.2, 0.25) is 0 Å². The molecule has 8 nitrogen and oxygen atoms in total. The number of likely N-dealkylation sites (tertiary alicyclic amines) is 2. The molecule has 0 aromatic carbocycles. The second kappa shape index (κ2) is 10.9. The van der Waals surface area contributed by atoms with Crippen molar-refractivity contribution in [3.63, 3.8) is 0 Å². The van der Waals surface area contributed by atoms with Gasteiger partial charge in [0.05, 0.1) is 0 Å². The summed E-state index contributed by atoms with van der Waals surface area (Å²) in [6.07, 6.45) is 5.50. The largest absolute Gasteiger partial charge is 0.481 e. The highest BCUT2D eigenvalue weighted by molar-refractivity contribution is 5.78. The molecule has 0 aromatic heterocycles. The monoisotopic (exact) mass is 512 g/mol. The number of nitrogens with zero attached hydrogens (tertiary/aromatic N) is 2. The van der Waals surface area contributed by atoms with Crippen LogP contribution >= 0.6 is 0 Å². The molecule has 2 rings (SSSR count). The summed E-state index contributed by atoms with van der Waals surface area (Å²) in [5.41, 5.74) is -5.52. The highest BCUT2D eigenvalue weighted by atomic mass is 16.4. The van der Waals surface area contributed by atoms with Gasteiger partial charge in [0, 0.05) is 30.3 Å². The van der Waals surface area contributed by atoms with Gasteiger partial charge >= 0.3 is 11.9 Å². The Labute approximate surface area is 218 Å². The Hall–Kier alpha value is -1.22. The molecule has 2 heterocycles. The van der Waals surface area contributed by atoms with Crippen LogP contribution in [-0.4, -0.2) is 72.4 Å². The summed E-state index contributed by atoms with van der Waals surface area (Å²) in [7, 11) is 0. The van der Waals surface area contributed by atoms with Crippen LogP contribution in [0.25, 0.3) is 0 Å². The second-order valence-electron chi connectivity index (χ2n) is 13.0. The average Bonchev–Trinajstić information content (AvgIpc) is 2.74. The number of hydrogen-bond donors (Lipinski definition) is 4. The predicted octanol–water partition coefficient (Wildman–Crippen LogP) is 4.74. The van der Waals surface area contributed by atoms with E-state index < -0.39 is 39.9 Å². The van der Waals surface area contributed by atoms with Crippen molar-refractivity contribution >= 4 is 11.9 Å². The number of carboxylic acid groups (broad SMARTS) is 2. The molecule has 4 N–H and O–H groups in total. The van der Waals surface area contributed by atoms with E-state index in [0.29, 0.717) is 25.9 Å². The third-order valence-corrected chi connectivity index (χ3v) is 10.7. The lowest BCUT2D eigenvalue weighted by Gasteiger charge is -2.66. The maximum Gasteiger partial charge on any atom is 0.339 e. The van der Waals surface area contributed by atoms with Gasteiger partial charge in [0.1, 0.15) is 11.4 Å². The molecule has 4 atom stereocenters. The normalized spacial score (nSPS) is 34.7. The summed E-state index contributed by atoms with van der Waals surface area (Å²) in [6.45, 7) is 16.5. The minimum absolute atomic E-state index is 0.146. The van der Waals surface area contributed by atoms with Gasteiger partial charge in [-0.3, -0.25) is 4.79 Å². The number of hydrogen-bond acceptors (Lipinski definition) is 6. The molecule has 4 unspecified atom stereocenters. The van der Waals surface area contributed by atoms with Crippen LogP contribution in [0.5, 0.6) is 0 Å². The lowest BCUT2D eigenvalue weighted by atomic mass is 9.64. The van der Waals surface area contributed by atoms with E-state index in [2.05, 4.69) is 13.8 Å². The minimum Gasteiger partial charge on any atom is -0.481 e. The first kappa shape index (κ1) is 31.0. The molecule has 2 fully saturated rings. The van der Waals surface area contributed by atoms with E-state index in [9.17, 15) is 24.9 Å². The van der Waals surface area contributed by atoms with Crippen molar-refractivity contribution in [2.75, 3.05) is 13.1 Å². The summed E-state index contributed by atoms with van der Waals surface area (Å²) in [6, 6.07) is 0. The van der Waals surface area contributed by atoms with Gasteiger partial charge in [0.25, 0.3) is 0 Å². The first-order chi connectivity index (χ1) is 16.4. The van der Waals surface area contributed by atoms with Gasteiger partial charge in [-0.05, 0) is 57.8 Å². The highest BCUT2D eigenvalue weighted by Crippen LogP contribution is 2.54. The highest BCUT2D eigenvalue weighted by Gasteiger charge is 2.66. The number of aliphatic hydroxyl groups is 2. The van der Waals surface area contributed by atoms with E-state index in [4.69, 9.17) is 5.11 Å². The van der Waals surface area contributed by atoms with Crippen molar-refractivity contribution in [3.05, 3.63) is 0 Å². The standard InChI is InChI=1S/C28H52N2O6/c1-20-15-18-29(26(7,35)24(20,3)4)28(23(33)34,17-13-11-9-10-12-14-22(31)32)30-19-16-21(2)25(5,6)27(30,8)36/h20-21,35-36H,9-19H2,1-8H3,(H,31,32)(H,33,34). The number of carbonyl (C=O) groups is 2. The van der Waals surface area contributed by atoms with E-state index in [0.717, 1.165) is 32.1 Å². The van der Waals surface area contributed by atoms with Crippen LogP contribution in [0.15, 0.2) is 0 Å². The Morgan fingerprint density at radius 1 is 0.750 bits per heavy atom. The number of unbranched alkanes of at least 4 members (excludes halogenated alkanes) is 4. The zero-order chi connectivity index (χ0) is 27.7. The smallest absolute Gasteiger partial charge is 0.339 e. The first-order valence-corrected chi connectivity index (χ1v) is 13.8. The molecule has 8 heteroatoms. The molecule has 0 radical (unpaired) electrons. The molecule has 0 aliphatic carbocycles. The van der Waals surface area contributed by atoms with Gasteiger partial charge in [-0.1, -0.05) is 60.8 Å². The molecule has 2 saturated heterocycles.